The molecule has 1 aromatic carbocycles. The number of likely N-dealkylation sites (tertiary alicyclic amines) is 1. The Morgan fingerprint density at radius 2 is 2.12 bits per heavy atom. The van der Waals surface area contributed by atoms with E-state index in [0.29, 0.717) is 24.1 Å². The molecule has 4 rings (SSSR count). The maximum absolute atomic E-state index is 13.1. The van der Waals surface area contributed by atoms with Crippen LogP contribution in [0.5, 0.6) is 0 Å². The van der Waals surface area contributed by atoms with E-state index in [1.807, 2.05) is 19.1 Å². The molecular weight excluding hydrogens is 349 g/mol. The van der Waals surface area contributed by atoms with Crippen LogP contribution in [0.15, 0.2) is 29.1 Å². The van der Waals surface area contributed by atoms with Gasteiger partial charge in [-0.25, -0.2) is 9.37 Å². The van der Waals surface area contributed by atoms with Crippen molar-refractivity contribution < 1.29 is 4.39 Å². The number of rotatable bonds is 5. The second kappa shape index (κ2) is 7.00. The monoisotopic (exact) mass is 371 g/mol. The Labute approximate surface area is 157 Å². The van der Waals surface area contributed by atoms with Crippen LogP contribution in [0.1, 0.15) is 35.0 Å². The summed E-state index contributed by atoms with van der Waals surface area (Å²) in [5, 5.41) is 1.39. The lowest BCUT2D eigenvalue weighted by molar-refractivity contribution is 0.191. The first kappa shape index (κ1) is 17.5. The number of nitrogens with one attached hydrogen (secondary N) is 1. The zero-order valence-corrected chi connectivity index (χ0v) is 15.6. The van der Waals surface area contributed by atoms with Crippen LogP contribution in [0.2, 0.25) is 0 Å². The highest BCUT2D eigenvalue weighted by atomic mass is 32.1. The van der Waals surface area contributed by atoms with Crippen molar-refractivity contribution in [3.63, 3.8) is 0 Å². The molecule has 1 aromatic heterocycles. The largest absolute Gasteiger partial charge is 0.306 e. The molecule has 0 bridgehead atoms. The van der Waals surface area contributed by atoms with Crippen molar-refractivity contribution in [2.75, 3.05) is 19.6 Å². The van der Waals surface area contributed by atoms with Crippen molar-refractivity contribution in [3.05, 3.63) is 63.1 Å². The average molecular weight is 371 g/mol. The van der Waals surface area contributed by atoms with Crippen molar-refractivity contribution in [1.29, 1.82) is 0 Å². The van der Waals surface area contributed by atoms with Gasteiger partial charge in [-0.1, -0.05) is 24.4 Å². The summed E-state index contributed by atoms with van der Waals surface area (Å²) in [7, 11) is 0. The quantitative estimate of drug-likeness (QED) is 0.821. The lowest BCUT2D eigenvalue weighted by atomic mass is 9.64. The molecular formula is C20H22FN3OS. The van der Waals surface area contributed by atoms with Gasteiger partial charge in [0.2, 0.25) is 0 Å². The number of thiocarbonyl (C=S) groups is 1. The Bertz CT molecular complexity index is 880. The highest BCUT2D eigenvalue weighted by molar-refractivity contribution is 7.79. The number of fused-ring (bicyclic) bond motifs is 1. The number of halogens is 1. The fourth-order valence-electron chi connectivity index (χ4n) is 4.53. The van der Waals surface area contributed by atoms with Crippen LogP contribution in [-0.2, 0) is 6.42 Å². The van der Waals surface area contributed by atoms with Gasteiger partial charge in [0.1, 0.15) is 11.6 Å². The van der Waals surface area contributed by atoms with E-state index >= 15 is 0 Å². The predicted octanol–water partition coefficient (Wildman–Crippen LogP) is 2.84. The van der Waals surface area contributed by atoms with Crippen LogP contribution in [0.3, 0.4) is 0 Å². The van der Waals surface area contributed by atoms with Gasteiger partial charge in [0.15, 0.2) is 0 Å². The van der Waals surface area contributed by atoms with Gasteiger partial charge in [-0.05, 0) is 55.2 Å². The van der Waals surface area contributed by atoms with E-state index in [2.05, 4.69) is 14.9 Å². The van der Waals surface area contributed by atoms with Crippen molar-refractivity contribution >= 4 is 17.6 Å². The van der Waals surface area contributed by atoms with Crippen molar-refractivity contribution in [2.45, 2.75) is 25.7 Å². The molecule has 0 spiro atoms. The van der Waals surface area contributed by atoms with Crippen LogP contribution >= 0.6 is 12.2 Å². The van der Waals surface area contributed by atoms with Crippen LogP contribution in [-0.4, -0.2) is 39.9 Å². The third kappa shape index (κ3) is 3.23. The lowest BCUT2D eigenvalue weighted by Crippen LogP contribution is -2.33. The normalized spacial score (nSPS) is 24.9. The van der Waals surface area contributed by atoms with E-state index in [1.165, 1.54) is 17.4 Å². The minimum atomic E-state index is -0.175. The summed E-state index contributed by atoms with van der Waals surface area (Å²) in [5.74, 6) is 2.19. The number of hydrogen-bond acceptors (Lipinski definition) is 4. The molecule has 1 saturated carbocycles. The van der Waals surface area contributed by atoms with Gasteiger partial charge >= 0.3 is 0 Å². The third-order valence-electron chi connectivity index (χ3n) is 5.97. The van der Waals surface area contributed by atoms with Gasteiger partial charge < -0.3 is 9.88 Å². The first-order chi connectivity index (χ1) is 12.5. The Kier molecular flexibility index (Phi) is 4.71. The Hall–Kier alpha value is -1.92. The van der Waals surface area contributed by atoms with Gasteiger partial charge in [0.25, 0.3) is 5.56 Å². The number of H-pyrrole nitrogens is 1. The Morgan fingerprint density at radius 1 is 1.35 bits per heavy atom. The predicted molar refractivity (Wildman–Crippen MR) is 103 cm³/mol. The molecule has 1 aliphatic carbocycles. The zero-order valence-electron chi connectivity index (χ0n) is 14.7. The van der Waals surface area contributed by atoms with Gasteiger partial charge in [-0.15, -0.1) is 0 Å². The lowest BCUT2D eigenvalue weighted by Gasteiger charge is -2.40. The maximum atomic E-state index is 13.1. The van der Waals surface area contributed by atoms with E-state index in [-0.39, 0.29) is 11.4 Å². The number of hydrogen-bond donors (Lipinski definition) is 1. The number of aromatic nitrogens is 2. The molecule has 1 aliphatic heterocycles. The molecule has 136 valence electrons. The topological polar surface area (TPSA) is 49.0 Å². The second-order valence-electron chi connectivity index (χ2n) is 7.46. The van der Waals surface area contributed by atoms with Gasteiger partial charge in [0.05, 0.1) is 0 Å². The number of aromatic amines is 1. The van der Waals surface area contributed by atoms with Gasteiger partial charge in [-0.3, -0.25) is 4.79 Å². The molecule has 2 heterocycles. The van der Waals surface area contributed by atoms with Crippen molar-refractivity contribution in [1.82, 2.24) is 14.9 Å². The summed E-state index contributed by atoms with van der Waals surface area (Å²) < 4.78 is 13.1. The first-order valence-corrected chi connectivity index (χ1v) is 9.55. The summed E-state index contributed by atoms with van der Waals surface area (Å²) in [6.07, 6.45) is 1.88. The molecule has 1 N–H and O–H groups in total. The van der Waals surface area contributed by atoms with Gasteiger partial charge in [-0.2, -0.15) is 0 Å². The third-order valence-corrected chi connectivity index (χ3v) is 6.19. The molecule has 1 saturated heterocycles. The maximum Gasteiger partial charge on any atom is 0.254 e. The zero-order chi connectivity index (χ0) is 18.3. The minimum absolute atomic E-state index is 0.0834. The van der Waals surface area contributed by atoms with Crippen LogP contribution in [0.25, 0.3) is 0 Å². The van der Waals surface area contributed by atoms with E-state index in [1.54, 1.807) is 12.1 Å². The standard InChI is InChI=1S/C20H22FN3OS/c1-12-16(20(25)23-19(11-26)22-12)6-7-24-9-14-8-17(18(14)10-24)13-2-4-15(21)5-3-13/h2-5,11,14,17-18H,6-10H2,1H3,(H,22,23,25). The molecule has 3 unspecified atom stereocenters. The summed E-state index contributed by atoms with van der Waals surface area (Å²) in [6.45, 7) is 4.87. The highest BCUT2D eigenvalue weighted by Gasteiger charge is 2.47. The fourth-order valence-corrected chi connectivity index (χ4v) is 4.64. The van der Waals surface area contributed by atoms with Crippen molar-refractivity contribution in [3.8, 4) is 0 Å². The first-order valence-electron chi connectivity index (χ1n) is 9.08. The molecule has 2 aromatic rings. The van der Waals surface area contributed by atoms with Crippen LogP contribution in [0.4, 0.5) is 4.39 Å². The number of benzene rings is 1. The van der Waals surface area contributed by atoms with Crippen molar-refractivity contribution in [2.24, 2.45) is 11.8 Å². The summed E-state index contributed by atoms with van der Waals surface area (Å²) in [6, 6.07) is 6.96. The van der Waals surface area contributed by atoms with E-state index in [9.17, 15) is 9.18 Å². The highest BCUT2D eigenvalue weighted by Crippen LogP contribution is 2.51. The summed E-state index contributed by atoms with van der Waals surface area (Å²) in [4.78, 5) is 21.7. The fraction of sp³-hybridized carbons (Fsp3) is 0.450. The van der Waals surface area contributed by atoms with E-state index in [4.69, 9.17) is 12.2 Å². The molecule has 2 aliphatic rings. The molecule has 4 nitrogen and oxygen atoms in total. The summed E-state index contributed by atoms with van der Waals surface area (Å²) >= 11 is 4.84. The second-order valence-corrected chi connectivity index (χ2v) is 7.70. The SMILES string of the molecule is Cc1nc(C=S)[nH]c(=O)c1CCN1CC2CC(c3ccc(F)cc3)C2C1. The average Bonchev–Trinajstić information content (AvgIpc) is 2.92. The number of aryl methyl sites for hydroxylation is 1. The Balaban J connectivity index is 1.38. The van der Waals surface area contributed by atoms with Gasteiger partial charge in [0, 0.05) is 36.3 Å². The molecule has 26 heavy (non-hydrogen) atoms. The summed E-state index contributed by atoms with van der Waals surface area (Å²) in [5.41, 5.74) is 2.68. The van der Waals surface area contributed by atoms with Crippen LogP contribution < -0.4 is 5.56 Å². The Morgan fingerprint density at radius 3 is 2.81 bits per heavy atom. The molecule has 3 atom stereocenters. The molecule has 0 amide bonds. The smallest absolute Gasteiger partial charge is 0.254 e. The van der Waals surface area contributed by atoms with E-state index < -0.39 is 0 Å². The molecule has 0 radical (unpaired) electrons. The van der Waals surface area contributed by atoms with E-state index in [0.717, 1.165) is 36.8 Å². The van der Waals surface area contributed by atoms with Crippen LogP contribution in [0, 0.1) is 24.6 Å². The molecule has 2 fully saturated rings. The molecule has 6 heteroatoms. The number of nitrogens with zero attached hydrogens (tertiary/aromatic N) is 2. The minimum Gasteiger partial charge on any atom is -0.306 e.